The van der Waals surface area contributed by atoms with Gasteiger partial charge in [-0.2, -0.15) is 8.42 Å². The molecule has 0 unspecified atom stereocenters. The first-order chi connectivity index (χ1) is 10.5. The fraction of sp³-hybridized carbons (Fsp3) is 0.467. The van der Waals surface area contributed by atoms with Gasteiger partial charge in [0, 0.05) is 17.7 Å². The number of hydrogen-bond donors (Lipinski definition) is 2. The molecule has 0 amide bonds. The molecule has 1 aliphatic rings. The van der Waals surface area contributed by atoms with Crippen LogP contribution in [-0.2, 0) is 20.0 Å². The molecule has 1 saturated carbocycles. The van der Waals surface area contributed by atoms with Crippen molar-refractivity contribution in [3.05, 3.63) is 41.3 Å². The van der Waals surface area contributed by atoms with E-state index in [2.05, 4.69) is 0 Å². The molecule has 1 fully saturated rings. The van der Waals surface area contributed by atoms with Gasteiger partial charge in [0.15, 0.2) is 9.84 Å². The Labute approximate surface area is 138 Å². The number of sulfone groups is 1. The lowest BCUT2D eigenvalue weighted by Crippen LogP contribution is -2.32. The minimum absolute atomic E-state index is 0.0666. The summed E-state index contributed by atoms with van der Waals surface area (Å²) in [4.78, 5) is -0.0666. The number of hydrogen-bond acceptors (Lipinski definition) is 5. The number of nitrogens with two attached hydrogens (primary N) is 1. The van der Waals surface area contributed by atoms with Crippen molar-refractivity contribution < 1.29 is 21.4 Å². The maximum atomic E-state index is 10.7. The summed E-state index contributed by atoms with van der Waals surface area (Å²) >= 11 is 0. The van der Waals surface area contributed by atoms with Crippen molar-refractivity contribution in [3.63, 3.8) is 0 Å². The molecule has 0 heterocycles. The Morgan fingerprint density at radius 3 is 2.04 bits per heavy atom. The Morgan fingerprint density at radius 2 is 1.70 bits per heavy atom. The van der Waals surface area contributed by atoms with Crippen LogP contribution in [-0.4, -0.2) is 33.7 Å². The molecule has 1 atom stereocenters. The highest BCUT2D eigenvalue weighted by Crippen LogP contribution is 2.29. The van der Waals surface area contributed by atoms with Crippen molar-refractivity contribution in [2.24, 2.45) is 11.7 Å². The lowest BCUT2D eigenvalue weighted by Gasteiger charge is -2.29. The van der Waals surface area contributed by atoms with Gasteiger partial charge in [-0.05, 0) is 37.8 Å². The zero-order chi connectivity index (χ0) is 17.7. The van der Waals surface area contributed by atoms with Gasteiger partial charge in [0.25, 0.3) is 10.1 Å². The lowest BCUT2D eigenvalue weighted by atomic mass is 9.80. The average Bonchev–Trinajstić information content (AvgIpc) is 2.34. The molecule has 6 nitrogen and oxygen atoms in total. The molecular formula is C15H23NO5S2. The highest BCUT2D eigenvalue weighted by Gasteiger charge is 2.22. The normalized spacial score (nSPS) is 17.2. The molecule has 0 spiro atoms. The Kier molecular flexibility index (Phi) is 6.94. The topological polar surface area (TPSA) is 115 Å². The SMILES string of the molecule is CS(=O)(=O)/C=C/[C@@H](N)C1CCC1.Cc1ccc(S(=O)(=O)O)cc1. The summed E-state index contributed by atoms with van der Waals surface area (Å²) in [6.07, 6.45) is 6.27. The largest absolute Gasteiger partial charge is 0.324 e. The second kappa shape index (κ2) is 8.05. The van der Waals surface area contributed by atoms with E-state index < -0.39 is 20.0 Å². The van der Waals surface area contributed by atoms with Crippen LogP contribution in [0, 0.1) is 12.8 Å². The number of benzene rings is 1. The molecule has 8 heteroatoms. The third kappa shape index (κ3) is 7.74. The zero-order valence-corrected chi connectivity index (χ0v) is 14.8. The molecule has 1 aliphatic carbocycles. The van der Waals surface area contributed by atoms with Crippen LogP contribution in [0.15, 0.2) is 40.6 Å². The fourth-order valence-electron chi connectivity index (χ4n) is 1.93. The quantitative estimate of drug-likeness (QED) is 0.792. The Hall–Kier alpha value is -1.22. The van der Waals surface area contributed by atoms with Crippen LogP contribution < -0.4 is 5.73 Å². The molecule has 0 saturated heterocycles. The Balaban J connectivity index is 0.000000231. The minimum Gasteiger partial charge on any atom is -0.324 e. The van der Waals surface area contributed by atoms with Gasteiger partial charge >= 0.3 is 0 Å². The third-order valence-corrected chi connectivity index (χ3v) is 5.08. The summed E-state index contributed by atoms with van der Waals surface area (Å²) < 4.78 is 51.0. The highest BCUT2D eigenvalue weighted by molar-refractivity contribution is 7.93. The molecule has 0 radical (unpaired) electrons. The second-order valence-corrected chi connectivity index (χ2v) is 9.07. The van der Waals surface area contributed by atoms with E-state index in [4.69, 9.17) is 10.3 Å². The molecule has 1 aromatic rings. The van der Waals surface area contributed by atoms with Crippen LogP contribution in [0.2, 0.25) is 0 Å². The van der Waals surface area contributed by atoms with E-state index in [1.165, 1.54) is 30.2 Å². The zero-order valence-electron chi connectivity index (χ0n) is 13.2. The van der Waals surface area contributed by atoms with E-state index in [0.29, 0.717) is 5.92 Å². The van der Waals surface area contributed by atoms with Gasteiger partial charge in [-0.3, -0.25) is 4.55 Å². The van der Waals surface area contributed by atoms with Crippen molar-refractivity contribution in [2.45, 2.75) is 37.1 Å². The Bertz CT molecular complexity index is 733. The molecule has 0 aromatic heterocycles. The molecule has 3 N–H and O–H groups in total. The van der Waals surface area contributed by atoms with Gasteiger partial charge in [-0.1, -0.05) is 30.2 Å². The van der Waals surface area contributed by atoms with E-state index in [1.807, 2.05) is 6.92 Å². The van der Waals surface area contributed by atoms with E-state index in [1.54, 1.807) is 18.2 Å². The molecular weight excluding hydrogens is 338 g/mol. The smallest absolute Gasteiger partial charge is 0.294 e. The van der Waals surface area contributed by atoms with E-state index in [-0.39, 0.29) is 10.9 Å². The van der Waals surface area contributed by atoms with Gasteiger partial charge in [0.1, 0.15) is 0 Å². The van der Waals surface area contributed by atoms with Crippen molar-refractivity contribution in [3.8, 4) is 0 Å². The van der Waals surface area contributed by atoms with Crippen molar-refractivity contribution >= 4 is 20.0 Å². The predicted molar refractivity (Wildman–Crippen MR) is 90.3 cm³/mol. The van der Waals surface area contributed by atoms with Crippen molar-refractivity contribution in [2.75, 3.05) is 6.26 Å². The van der Waals surface area contributed by atoms with E-state index >= 15 is 0 Å². The first-order valence-electron chi connectivity index (χ1n) is 7.17. The van der Waals surface area contributed by atoms with Crippen LogP contribution >= 0.6 is 0 Å². The summed E-state index contributed by atoms with van der Waals surface area (Å²) in [5.41, 5.74) is 6.69. The standard InChI is InChI=1S/C8H15NO2S.C7H8O3S/c1-12(10,11)6-5-8(9)7-3-2-4-7;1-6-2-4-7(5-3-6)11(8,9)10/h5-8H,2-4,9H2,1H3;2-5H,1H3,(H,8,9,10)/b6-5+;/t8-;/m1./s1. The van der Waals surface area contributed by atoms with Crippen LogP contribution in [0.25, 0.3) is 0 Å². The van der Waals surface area contributed by atoms with Gasteiger partial charge in [-0.15, -0.1) is 0 Å². The summed E-state index contributed by atoms with van der Waals surface area (Å²) in [6.45, 7) is 1.84. The second-order valence-electron chi connectivity index (χ2n) is 5.71. The van der Waals surface area contributed by atoms with Gasteiger partial charge in [-0.25, -0.2) is 8.42 Å². The summed E-state index contributed by atoms with van der Waals surface area (Å²) in [5.74, 6) is 0.503. The molecule has 23 heavy (non-hydrogen) atoms. The summed E-state index contributed by atoms with van der Waals surface area (Å²) in [7, 11) is -7.02. The van der Waals surface area contributed by atoms with Crippen molar-refractivity contribution in [1.82, 2.24) is 0 Å². The number of rotatable bonds is 4. The Morgan fingerprint density at radius 1 is 1.17 bits per heavy atom. The van der Waals surface area contributed by atoms with E-state index in [0.717, 1.165) is 18.4 Å². The summed E-state index contributed by atoms with van der Waals surface area (Å²) in [5, 5.41) is 1.20. The first-order valence-corrected chi connectivity index (χ1v) is 10.6. The molecule has 0 aliphatic heterocycles. The molecule has 130 valence electrons. The number of aryl methyl sites for hydroxylation is 1. The third-order valence-electron chi connectivity index (χ3n) is 3.56. The van der Waals surface area contributed by atoms with E-state index in [9.17, 15) is 16.8 Å². The lowest BCUT2D eigenvalue weighted by molar-refractivity contribution is 0.289. The average molecular weight is 361 g/mol. The molecule has 2 rings (SSSR count). The molecule has 0 bridgehead atoms. The van der Waals surface area contributed by atoms with Gasteiger partial charge in [0.2, 0.25) is 0 Å². The van der Waals surface area contributed by atoms with Gasteiger partial charge in [0.05, 0.1) is 4.90 Å². The van der Waals surface area contributed by atoms with Crippen molar-refractivity contribution in [1.29, 1.82) is 0 Å². The fourth-order valence-corrected chi connectivity index (χ4v) is 2.87. The maximum Gasteiger partial charge on any atom is 0.294 e. The minimum atomic E-state index is -4.02. The first kappa shape index (κ1) is 19.8. The predicted octanol–water partition coefficient (Wildman–Crippen LogP) is 1.91. The monoisotopic (exact) mass is 361 g/mol. The summed E-state index contributed by atoms with van der Waals surface area (Å²) in [6, 6.07) is 5.91. The molecule has 1 aromatic carbocycles. The highest BCUT2D eigenvalue weighted by atomic mass is 32.2. The van der Waals surface area contributed by atoms with Crippen LogP contribution in [0.5, 0.6) is 0 Å². The van der Waals surface area contributed by atoms with Crippen LogP contribution in [0.4, 0.5) is 0 Å². The van der Waals surface area contributed by atoms with Crippen LogP contribution in [0.3, 0.4) is 0 Å². The van der Waals surface area contributed by atoms with Gasteiger partial charge < -0.3 is 5.73 Å². The maximum absolute atomic E-state index is 10.7. The van der Waals surface area contributed by atoms with Crippen LogP contribution in [0.1, 0.15) is 24.8 Å².